The number of ether oxygens (including phenoxy) is 2. The van der Waals surface area contributed by atoms with Gasteiger partial charge in [0.05, 0.1) is 37.7 Å². The van der Waals surface area contributed by atoms with Crippen molar-refractivity contribution < 1.29 is 28.7 Å². The Balaban J connectivity index is 1.53. The Morgan fingerprint density at radius 3 is 2.35 bits per heavy atom. The number of carbonyl (C=O) groups is 3. The molecule has 3 fully saturated rings. The van der Waals surface area contributed by atoms with Gasteiger partial charge in [0.15, 0.2) is 0 Å². The largest absolute Gasteiger partial charge is 0.469 e. The van der Waals surface area contributed by atoms with Crippen LogP contribution in [0, 0.1) is 11.8 Å². The van der Waals surface area contributed by atoms with Crippen molar-refractivity contribution >= 4 is 17.8 Å². The first-order chi connectivity index (χ1) is 16.5. The fraction of sp³-hybridized carbons (Fsp3) is 0.654. The molecule has 0 aromatic heterocycles. The van der Waals surface area contributed by atoms with E-state index in [1.54, 1.807) is 7.11 Å². The number of carbonyl (C=O) groups excluding carboxylic acids is 3. The molecule has 2 heterocycles. The second-order valence-corrected chi connectivity index (χ2v) is 9.66. The number of nitrogens with zero attached hydrogens (tertiary/aromatic N) is 2. The molecule has 4 rings (SSSR count). The lowest BCUT2D eigenvalue weighted by atomic mass is 9.76. The van der Waals surface area contributed by atoms with Crippen LogP contribution in [-0.2, 0) is 28.7 Å². The van der Waals surface area contributed by atoms with Gasteiger partial charge in [0.2, 0.25) is 11.8 Å². The van der Waals surface area contributed by atoms with Gasteiger partial charge in [-0.1, -0.05) is 43.2 Å². The summed E-state index contributed by atoms with van der Waals surface area (Å²) in [6, 6.07) is 10.1. The van der Waals surface area contributed by atoms with E-state index < -0.39 is 17.4 Å². The molecule has 34 heavy (non-hydrogen) atoms. The van der Waals surface area contributed by atoms with Crippen molar-refractivity contribution in [2.45, 2.75) is 56.4 Å². The van der Waals surface area contributed by atoms with Crippen molar-refractivity contribution in [3.8, 4) is 0 Å². The summed E-state index contributed by atoms with van der Waals surface area (Å²) in [6.45, 7) is 1.51. The number of benzene rings is 1. The maximum atomic E-state index is 13.8. The van der Waals surface area contributed by atoms with Gasteiger partial charge in [-0.05, 0) is 37.2 Å². The molecule has 1 aromatic rings. The van der Waals surface area contributed by atoms with Crippen molar-refractivity contribution in [2.24, 2.45) is 11.8 Å². The predicted molar refractivity (Wildman–Crippen MR) is 124 cm³/mol. The Morgan fingerprint density at radius 2 is 1.74 bits per heavy atom. The quantitative estimate of drug-likeness (QED) is 0.427. The van der Waals surface area contributed by atoms with Crippen LogP contribution in [0.15, 0.2) is 30.3 Å². The zero-order chi connectivity index (χ0) is 24.1. The van der Waals surface area contributed by atoms with Gasteiger partial charge in [-0.2, -0.15) is 0 Å². The van der Waals surface area contributed by atoms with Crippen molar-refractivity contribution in [1.82, 2.24) is 9.96 Å². The Hall–Kier alpha value is -2.45. The predicted octanol–water partition coefficient (Wildman–Crippen LogP) is 2.92. The molecule has 2 unspecified atom stereocenters. The molecule has 0 bridgehead atoms. The smallest absolute Gasteiger partial charge is 0.311 e. The molecule has 2 saturated heterocycles. The van der Waals surface area contributed by atoms with Crippen LogP contribution in [0.4, 0.5) is 0 Å². The van der Waals surface area contributed by atoms with Crippen molar-refractivity contribution in [3.63, 3.8) is 0 Å². The van der Waals surface area contributed by atoms with Gasteiger partial charge >= 0.3 is 5.97 Å². The summed E-state index contributed by atoms with van der Waals surface area (Å²) < 4.78 is 10.1. The van der Waals surface area contributed by atoms with E-state index in [9.17, 15) is 14.4 Å². The molecule has 1 aromatic carbocycles. The van der Waals surface area contributed by atoms with E-state index in [0.29, 0.717) is 38.5 Å². The highest BCUT2D eigenvalue weighted by molar-refractivity contribution is 5.89. The third-order valence-corrected chi connectivity index (χ3v) is 7.89. The van der Waals surface area contributed by atoms with E-state index in [-0.39, 0.29) is 30.8 Å². The molecule has 0 radical (unpaired) electrons. The van der Waals surface area contributed by atoms with Gasteiger partial charge in [0.1, 0.15) is 0 Å². The molecule has 2 amide bonds. The van der Waals surface area contributed by atoms with Gasteiger partial charge in [-0.15, -0.1) is 0 Å². The fourth-order valence-corrected chi connectivity index (χ4v) is 6.12. The molecule has 3 aliphatic rings. The number of hydroxylamine groups is 2. The molecule has 2 aliphatic heterocycles. The summed E-state index contributed by atoms with van der Waals surface area (Å²) in [5.74, 6) is -0.870. The fourth-order valence-electron chi connectivity index (χ4n) is 6.12. The Morgan fingerprint density at radius 1 is 1.06 bits per heavy atom. The van der Waals surface area contributed by atoms with Crippen molar-refractivity contribution in [3.05, 3.63) is 35.9 Å². The number of likely N-dealkylation sites (tertiary alicyclic amines) is 1. The van der Waals surface area contributed by atoms with Crippen LogP contribution in [0.2, 0.25) is 0 Å². The maximum absolute atomic E-state index is 13.8. The van der Waals surface area contributed by atoms with Crippen molar-refractivity contribution in [2.75, 3.05) is 40.5 Å². The minimum Gasteiger partial charge on any atom is -0.469 e. The Bertz CT molecular complexity index is 861. The van der Waals surface area contributed by atoms with E-state index in [0.717, 1.165) is 18.4 Å². The zero-order valence-electron chi connectivity index (χ0n) is 20.2. The SMILES string of the molecule is COCCON1C(=O)CC(C(=O)OC)C12CCN(C(=O)C(c1ccccc1)C1CCCC1)CC2. The van der Waals surface area contributed by atoms with Gasteiger partial charge < -0.3 is 14.4 Å². The lowest BCUT2D eigenvalue weighted by Gasteiger charge is -2.46. The summed E-state index contributed by atoms with van der Waals surface area (Å²) in [5, 5.41) is 1.39. The van der Waals surface area contributed by atoms with Crippen LogP contribution >= 0.6 is 0 Å². The first-order valence-corrected chi connectivity index (χ1v) is 12.4. The molecule has 0 N–H and O–H groups in total. The summed E-state index contributed by atoms with van der Waals surface area (Å²) >= 11 is 0. The molecule has 8 heteroatoms. The first-order valence-electron chi connectivity index (χ1n) is 12.4. The molecule has 186 valence electrons. The second-order valence-electron chi connectivity index (χ2n) is 9.66. The monoisotopic (exact) mass is 472 g/mol. The highest BCUT2D eigenvalue weighted by Crippen LogP contribution is 2.45. The molecule has 1 spiro atoms. The van der Waals surface area contributed by atoms with Gasteiger partial charge in [0, 0.05) is 26.6 Å². The minimum atomic E-state index is -0.801. The molecule has 2 atom stereocenters. The van der Waals surface area contributed by atoms with Crippen LogP contribution in [0.1, 0.15) is 56.4 Å². The lowest BCUT2D eigenvalue weighted by Crippen LogP contribution is -2.58. The van der Waals surface area contributed by atoms with Crippen LogP contribution in [0.3, 0.4) is 0 Å². The minimum absolute atomic E-state index is 0.0579. The molecular weight excluding hydrogens is 436 g/mol. The first kappa shape index (κ1) is 24.7. The van der Waals surface area contributed by atoms with E-state index in [1.165, 1.54) is 25.0 Å². The maximum Gasteiger partial charge on any atom is 0.311 e. The van der Waals surface area contributed by atoms with E-state index in [2.05, 4.69) is 12.1 Å². The highest BCUT2D eigenvalue weighted by atomic mass is 16.7. The molecular formula is C26H36N2O6. The third kappa shape index (κ3) is 4.70. The average Bonchev–Trinajstić information content (AvgIpc) is 3.48. The highest BCUT2D eigenvalue weighted by Gasteiger charge is 2.59. The second kappa shape index (κ2) is 10.9. The van der Waals surface area contributed by atoms with E-state index >= 15 is 0 Å². The summed E-state index contributed by atoms with van der Waals surface area (Å²) in [4.78, 5) is 47.0. The molecule has 1 saturated carbocycles. The van der Waals surface area contributed by atoms with Crippen LogP contribution in [0.5, 0.6) is 0 Å². The average molecular weight is 473 g/mol. The summed E-state index contributed by atoms with van der Waals surface area (Å²) in [7, 11) is 2.92. The standard InChI is InChI=1S/C26H36N2O6/c1-32-16-17-34-28-22(29)18-21(25(31)33-2)26(28)12-14-27(15-13-26)24(30)23(20-10-6-7-11-20)19-8-4-3-5-9-19/h3-5,8-9,20-21,23H,6-7,10-18H2,1-2H3. The number of amides is 2. The number of piperidine rings is 1. The number of methoxy groups -OCH3 is 2. The topological polar surface area (TPSA) is 85.4 Å². The van der Waals surface area contributed by atoms with Crippen LogP contribution in [0.25, 0.3) is 0 Å². The molecule has 1 aliphatic carbocycles. The van der Waals surface area contributed by atoms with Gasteiger partial charge in [-0.3, -0.25) is 19.2 Å². The van der Waals surface area contributed by atoms with Gasteiger partial charge in [0.25, 0.3) is 0 Å². The van der Waals surface area contributed by atoms with Crippen LogP contribution in [-0.4, -0.2) is 73.8 Å². The summed E-state index contributed by atoms with van der Waals surface area (Å²) in [6.07, 6.45) is 5.49. The van der Waals surface area contributed by atoms with E-state index in [1.807, 2.05) is 23.1 Å². The zero-order valence-corrected chi connectivity index (χ0v) is 20.2. The van der Waals surface area contributed by atoms with Crippen LogP contribution < -0.4 is 0 Å². The van der Waals surface area contributed by atoms with Gasteiger partial charge in [-0.25, -0.2) is 5.06 Å². The normalized spacial score (nSPS) is 23.5. The Kier molecular flexibility index (Phi) is 7.88. The third-order valence-electron chi connectivity index (χ3n) is 7.89. The summed E-state index contributed by atoms with van der Waals surface area (Å²) in [5.41, 5.74) is 0.275. The number of hydrogen-bond donors (Lipinski definition) is 0. The molecule has 8 nitrogen and oxygen atoms in total. The number of hydrogen-bond acceptors (Lipinski definition) is 6. The number of rotatable bonds is 8. The lowest BCUT2D eigenvalue weighted by molar-refractivity contribution is -0.226. The van der Waals surface area contributed by atoms with Crippen molar-refractivity contribution in [1.29, 1.82) is 0 Å². The Labute approximate surface area is 201 Å². The van der Waals surface area contributed by atoms with E-state index in [4.69, 9.17) is 14.3 Å². The number of esters is 1.